The van der Waals surface area contributed by atoms with Gasteiger partial charge in [0, 0.05) is 18.7 Å². The maximum atomic E-state index is 11.9. The van der Waals surface area contributed by atoms with E-state index in [-0.39, 0.29) is 6.09 Å². The Labute approximate surface area is 215 Å². The fraction of sp³-hybridized carbons (Fsp3) is 0.355. The smallest absolute Gasteiger partial charge is 0.407 e. The summed E-state index contributed by atoms with van der Waals surface area (Å²) in [5, 5.41) is 2.85. The largest absolute Gasteiger partial charge is 0.445 e. The number of carbonyl (C=O) groups excluding carboxylic acids is 1. The molecule has 5 nitrogen and oxygen atoms in total. The lowest BCUT2D eigenvalue weighted by Gasteiger charge is -2.13. The Hall–Kier alpha value is -3.60. The van der Waals surface area contributed by atoms with Gasteiger partial charge in [0.15, 0.2) is 0 Å². The highest BCUT2D eigenvalue weighted by atomic mass is 16.5. The highest BCUT2D eigenvalue weighted by molar-refractivity contribution is 5.78. The van der Waals surface area contributed by atoms with Gasteiger partial charge in [-0.3, -0.25) is 0 Å². The molecule has 0 radical (unpaired) electrons. The molecule has 0 saturated carbocycles. The second-order valence-corrected chi connectivity index (χ2v) is 8.86. The third kappa shape index (κ3) is 7.98. The molecule has 0 unspecified atom stereocenters. The molecule has 0 aliphatic heterocycles. The van der Waals surface area contributed by atoms with Gasteiger partial charge in [-0.25, -0.2) is 9.78 Å². The molecule has 3 aromatic rings. The minimum Gasteiger partial charge on any atom is -0.445 e. The molecule has 0 aliphatic carbocycles. The summed E-state index contributed by atoms with van der Waals surface area (Å²) in [5.74, 6) is 1.05. The molecule has 190 valence electrons. The molecular weight excluding hydrogens is 446 g/mol. The van der Waals surface area contributed by atoms with Gasteiger partial charge >= 0.3 is 6.09 Å². The number of hydrogen-bond acceptors (Lipinski definition) is 3. The van der Waals surface area contributed by atoms with Gasteiger partial charge in [-0.15, -0.1) is 0 Å². The molecular formula is C31H39N3O2. The SMILES string of the molecule is C/C=C\C/C(=C\C)c1nc(C)n(CCCCCCNC(=O)OCc2ccccc2)c1-c1ccccc1. The number of hydrogen-bond donors (Lipinski definition) is 1. The van der Waals surface area contributed by atoms with E-state index in [9.17, 15) is 4.79 Å². The molecule has 1 heterocycles. The lowest BCUT2D eigenvalue weighted by molar-refractivity contribution is 0.139. The third-order valence-corrected chi connectivity index (χ3v) is 6.22. The van der Waals surface area contributed by atoms with Crippen LogP contribution in [-0.4, -0.2) is 22.2 Å². The summed E-state index contributed by atoms with van der Waals surface area (Å²) in [6.45, 7) is 8.10. The number of imidazole rings is 1. The van der Waals surface area contributed by atoms with Crippen molar-refractivity contribution < 1.29 is 9.53 Å². The molecule has 0 bridgehead atoms. The van der Waals surface area contributed by atoms with Crippen LogP contribution in [0, 0.1) is 6.92 Å². The first-order chi connectivity index (χ1) is 17.6. The predicted octanol–water partition coefficient (Wildman–Crippen LogP) is 7.71. The summed E-state index contributed by atoms with van der Waals surface area (Å²) in [7, 11) is 0. The summed E-state index contributed by atoms with van der Waals surface area (Å²) in [6.07, 6.45) is 11.1. The Morgan fingerprint density at radius 2 is 1.67 bits per heavy atom. The Kier molecular flexibility index (Phi) is 11.0. The molecule has 1 amide bonds. The number of ether oxygens (including phenoxy) is 1. The predicted molar refractivity (Wildman–Crippen MR) is 149 cm³/mol. The molecule has 3 rings (SSSR count). The van der Waals surface area contributed by atoms with Crippen molar-refractivity contribution in [3.05, 3.63) is 96.0 Å². The van der Waals surface area contributed by atoms with Crippen LogP contribution in [-0.2, 0) is 17.9 Å². The minimum atomic E-state index is -0.356. The number of nitrogens with zero attached hydrogens (tertiary/aromatic N) is 2. The first-order valence-electron chi connectivity index (χ1n) is 13.0. The maximum Gasteiger partial charge on any atom is 0.407 e. The highest BCUT2D eigenvalue weighted by Gasteiger charge is 2.18. The fourth-order valence-electron chi connectivity index (χ4n) is 4.26. The molecule has 0 fully saturated rings. The van der Waals surface area contributed by atoms with E-state index in [1.54, 1.807) is 0 Å². The van der Waals surface area contributed by atoms with Crippen LogP contribution in [0.3, 0.4) is 0 Å². The quantitative estimate of drug-likeness (QED) is 0.199. The molecule has 1 aromatic heterocycles. The van der Waals surface area contributed by atoms with Crippen molar-refractivity contribution in [2.45, 2.75) is 66.0 Å². The van der Waals surface area contributed by atoms with Crippen molar-refractivity contribution in [2.75, 3.05) is 6.54 Å². The molecule has 0 aliphatic rings. The zero-order valence-corrected chi connectivity index (χ0v) is 21.9. The van der Waals surface area contributed by atoms with Crippen LogP contribution in [0.25, 0.3) is 16.8 Å². The van der Waals surface area contributed by atoms with Crippen molar-refractivity contribution in [2.24, 2.45) is 0 Å². The van der Waals surface area contributed by atoms with E-state index >= 15 is 0 Å². The lowest BCUT2D eigenvalue weighted by atomic mass is 10.0. The van der Waals surface area contributed by atoms with Gasteiger partial charge in [0.1, 0.15) is 12.4 Å². The standard InChI is InChI=1S/C31H39N3O2/c1-4-6-19-27(5-2)29-30(28-20-13-10-14-21-28)34(25(3)33-29)23-16-8-7-15-22-32-31(35)36-24-26-17-11-9-12-18-26/h4-6,9-14,17-18,20-21H,7-8,15-16,19,22-24H2,1-3H3,(H,32,35)/b6-4-,27-5+. The Morgan fingerprint density at radius 3 is 2.36 bits per heavy atom. The van der Waals surface area contributed by atoms with E-state index in [1.807, 2.05) is 30.3 Å². The number of aryl methyl sites for hydroxylation is 1. The number of alkyl carbamates (subject to hydrolysis) is 1. The van der Waals surface area contributed by atoms with Crippen LogP contribution < -0.4 is 5.32 Å². The van der Waals surface area contributed by atoms with Crippen LogP contribution >= 0.6 is 0 Å². The Balaban J connectivity index is 1.50. The highest BCUT2D eigenvalue weighted by Crippen LogP contribution is 2.32. The molecule has 2 aromatic carbocycles. The molecule has 36 heavy (non-hydrogen) atoms. The molecule has 5 heteroatoms. The van der Waals surface area contributed by atoms with Gasteiger partial charge in [-0.1, -0.05) is 91.7 Å². The van der Waals surface area contributed by atoms with E-state index in [0.29, 0.717) is 13.2 Å². The maximum absolute atomic E-state index is 11.9. The van der Waals surface area contributed by atoms with Gasteiger partial charge in [-0.2, -0.15) is 0 Å². The Morgan fingerprint density at radius 1 is 0.972 bits per heavy atom. The van der Waals surface area contributed by atoms with Gasteiger partial charge in [0.25, 0.3) is 0 Å². The topological polar surface area (TPSA) is 56.2 Å². The van der Waals surface area contributed by atoms with Crippen LogP contribution in [0.15, 0.2) is 78.9 Å². The van der Waals surface area contributed by atoms with Crippen LogP contribution in [0.1, 0.15) is 63.0 Å². The summed E-state index contributed by atoms with van der Waals surface area (Å²) >= 11 is 0. The number of benzene rings is 2. The summed E-state index contributed by atoms with van der Waals surface area (Å²) in [5.41, 5.74) is 5.72. The number of aromatic nitrogens is 2. The first kappa shape index (κ1) is 27.0. The second-order valence-electron chi connectivity index (χ2n) is 8.86. The van der Waals surface area contributed by atoms with E-state index in [1.165, 1.54) is 16.8 Å². The monoisotopic (exact) mass is 485 g/mol. The minimum absolute atomic E-state index is 0.298. The summed E-state index contributed by atoms with van der Waals surface area (Å²) in [4.78, 5) is 16.9. The van der Waals surface area contributed by atoms with E-state index in [2.05, 4.69) is 79.2 Å². The van der Waals surface area contributed by atoms with Crippen LogP contribution in [0.2, 0.25) is 0 Å². The molecule has 0 saturated heterocycles. The van der Waals surface area contributed by atoms with Gasteiger partial charge in [-0.05, 0) is 51.2 Å². The third-order valence-electron chi connectivity index (χ3n) is 6.22. The van der Waals surface area contributed by atoms with Gasteiger partial charge in [0.2, 0.25) is 0 Å². The van der Waals surface area contributed by atoms with Crippen LogP contribution in [0.5, 0.6) is 0 Å². The number of allylic oxidation sites excluding steroid dienone is 4. The second kappa shape index (κ2) is 14.7. The average molecular weight is 486 g/mol. The Bertz CT molecular complexity index is 1130. The normalized spacial score (nSPS) is 11.7. The molecule has 0 spiro atoms. The van der Waals surface area contributed by atoms with Gasteiger partial charge in [0.05, 0.1) is 11.4 Å². The number of rotatable bonds is 13. The number of unbranched alkanes of at least 4 members (excludes halogenated alkanes) is 3. The van der Waals surface area contributed by atoms with Crippen molar-refractivity contribution in [1.82, 2.24) is 14.9 Å². The number of nitrogens with one attached hydrogen (secondary N) is 1. The summed E-state index contributed by atoms with van der Waals surface area (Å²) < 4.78 is 7.63. The summed E-state index contributed by atoms with van der Waals surface area (Å²) in [6, 6.07) is 20.3. The lowest BCUT2D eigenvalue weighted by Crippen LogP contribution is -2.25. The number of carbonyl (C=O) groups is 1. The van der Waals surface area contributed by atoms with E-state index in [4.69, 9.17) is 9.72 Å². The van der Waals surface area contributed by atoms with Gasteiger partial charge < -0.3 is 14.6 Å². The first-order valence-corrected chi connectivity index (χ1v) is 13.0. The van der Waals surface area contributed by atoms with Crippen molar-refractivity contribution in [1.29, 1.82) is 0 Å². The van der Waals surface area contributed by atoms with E-state index < -0.39 is 0 Å². The van der Waals surface area contributed by atoms with Crippen LogP contribution in [0.4, 0.5) is 4.79 Å². The fourth-order valence-corrected chi connectivity index (χ4v) is 4.26. The zero-order valence-electron chi connectivity index (χ0n) is 21.9. The molecule has 1 N–H and O–H groups in total. The van der Waals surface area contributed by atoms with E-state index in [0.717, 1.165) is 55.7 Å². The average Bonchev–Trinajstić information content (AvgIpc) is 3.24. The van der Waals surface area contributed by atoms with Crippen molar-refractivity contribution in [3.8, 4) is 11.3 Å². The van der Waals surface area contributed by atoms with Crippen molar-refractivity contribution in [3.63, 3.8) is 0 Å². The molecule has 0 atom stereocenters. The number of amides is 1. The van der Waals surface area contributed by atoms with Crippen molar-refractivity contribution >= 4 is 11.7 Å². The zero-order chi connectivity index (χ0) is 25.6.